The first-order chi connectivity index (χ1) is 13.8. The fourth-order valence-electron chi connectivity index (χ4n) is 3.40. The van der Waals surface area contributed by atoms with Crippen LogP contribution in [0.4, 0.5) is 5.69 Å². The van der Waals surface area contributed by atoms with Crippen LogP contribution in [-0.2, 0) is 19.5 Å². The van der Waals surface area contributed by atoms with Gasteiger partial charge >= 0.3 is 0 Å². The lowest BCUT2D eigenvalue weighted by molar-refractivity contribution is -0.00823. The molecule has 2 N–H and O–H groups in total. The minimum Gasteiger partial charge on any atom is -0.379 e. The van der Waals surface area contributed by atoms with Crippen LogP contribution in [0.25, 0.3) is 0 Å². The van der Waals surface area contributed by atoms with Gasteiger partial charge in [0.05, 0.1) is 31.3 Å². The monoisotopic (exact) mass is 442 g/mol. The molecule has 2 aliphatic rings. The van der Waals surface area contributed by atoms with Crippen molar-refractivity contribution in [3.05, 3.63) is 24.3 Å². The Hall–Kier alpha value is -1.30. The quantitative estimate of drug-likeness (QED) is 0.634. The van der Waals surface area contributed by atoms with Crippen molar-refractivity contribution < 1.29 is 17.9 Å². The van der Waals surface area contributed by atoms with Crippen LogP contribution in [0.5, 0.6) is 0 Å². The molecule has 162 valence electrons. The predicted molar refractivity (Wildman–Crippen MR) is 117 cm³/mol. The number of nitrogens with zero attached hydrogens (tertiary/aromatic N) is 2. The van der Waals surface area contributed by atoms with Gasteiger partial charge in [0.15, 0.2) is 5.11 Å². The molecule has 1 aromatic carbocycles. The summed E-state index contributed by atoms with van der Waals surface area (Å²) in [5.74, 6) is 0. The van der Waals surface area contributed by atoms with Gasteiger partial charge in [-0.3, -0.25) is 4.90 Å². The molecule has 2 aliphatic heterocycles. The fourth-order valence-corrected chi connectivity index (χ4v) is 5.00. The van der Waals surface area contributed by atoms with Crippen molar-refractivity contribution in [3.8, 4) is 0 Å². The third kappa shape index (κ3) is 5.87. The molecule has 29 heavy (non-hydrogen) atoms. The van der Waals surface area contributed by atoms with E-state index in [1.165, 1.54) is 4.31 Å². The Labute approximate surface area is 178 Å². The smallest absolute Gasteiger partial charge is 0.243 e. The largest absolute Gasteiger partial charge is 0.379 e. The van der Waals surface area contributed by atoms with Crippen LogP contribution in [0.15, 0.2) is 29.2 Å². The normalized spacial score (nSPS) is 19.7. The third-order valence-electron chi connectivity index (χ3n) is 5.27. The molecular formula is C19H30N4O4S2. The van der Waals surface area contributed by atoms with Crippen molar-refractivity contribution >= 4 is 33.0 Å². The molecular weight excluding hydrogens is 412 g/mol. The van der Waals surface area contributed by atoms with Crippen LogP contribution < -0.4 is 10.6 Å². The molecule has 0 aromatic heterocycles. The van der Waals surface area contributed by atoms with Gasteiger partial charge in [-0.05, 0) is 50.3 Å². The second-order valence-corrected chi connectivity index (χ2v) is 10.1. The molecule has 2 fully saturated rings. The highest BCUT2D eigenvalue weighted by Gasteiger charge is 2.28. The summed E-state index contributed by atoms with van der Waals surface area (Å²) in [6.07, 6.45) is 0. The van der Waals surface area contributed by atoms with Crippen molar-refractivity contribution in [1.29, 1.82) is 0 Å². The van der Waals surface area contributed by atoms with E-state index in [4.69, 9.17) is 21.7 Å². The van der Waals surface area contributed by atoms with E-state index in [0.29, 0.717) is 38.0 Å². The Bertz CT molecular complexity index is 787. The fraction of sp³-hybridized carbons (Fsp3) is 0.632. The highest BCUT2D eigenvalue weighted by molar-refractivity contribution is 7.89. The van der Waals surface area contributed by atoms with Gasteiger partial charge in [-0.1, -0.05) is 0 Å². The molecule has 0 aliphatic carbocycles. The number of nitrogens with one attached hydrogen (secondary N) is 2. The molecule has 0 atom stereocenters. The minimum absolute atomic E-state index is 0.0500. The Morgan fingerprint density at radius 2 is 1.59 bits per heavy atom. The van der Waals surface area contributed by atoms with Crippen molar-refractivity contribution in [1.82, 2.24) is 14.5 Å². The lowest BCUT2D eigenvalue weighted by Crippen LogP contribution is -2.55. The van der Waals surface area contributed by atoms with Crippen LogP contribution in [0.3, 0.4) is 0 Å². The molecule has 2 saturated heterocycles. The first-order valence-electron chi connectivity index (χ1n) is 9.85. The Morgan fingerprint density at radius 3 is 2.17 bits per heavy atom. The van der Waals surface area contributed by atoms with E-state index in [2.05, 4.69) is 29.4 Å². The first kappa shape index (κ1) is 22.4. The predicted octanol–water partition coefficient (Wildman–Crippen LogP) is 1.10. The highest BCUT2D eigenvalue weighted by atomic mass is 32.2. The number of ether oxygens (including phenoxy) is 2. The third-order valence-corrected chi connectivity index (χ3v) is 7.43. The van der Waals surface area contributed by atoms with E-state index in [0.717, 1.165) is 32.0 Å². The van der Waals surface area contributed by atoms with Gasteiger partial charge in [-0.2, -0.15) is 4.31 Å². The van der Waals surface area contributed by atoms with Gasteiger partial charge in [0, 0.05) is 44.0 Å². The SMILES string of the molecule is CC(C)(CNC(=S)Nc1ccc(S(=O)(=O)N2CCOCC2)cc1)N1CCOCC1. The molecule has 1 aromatic rings. The van der Waals surface area contributed by atoms with Crippen molar-refractivity contribution in [2.75, 3.05) is 64.5 Å². The van der Waals surface area contributed by atoms with Crippen LogP contribution in [0.2, 0.25) is 0 Å². The molecule has 10 heteroatoms. The molecule has 0 amide bonds. The summed E-state index contributed by atoms with van der Waals surface area (Å²) >= 11 is 5.41. The summed E-state index contributed by atoms with van der Waals surface area (Å²) in [5, 5.41) is 6.90. The molecule has 3 rings (SSSR count). The van der Waals surface area contributed by atoms with E-state index in [9.17, 15) is 8.42 Å². The number of anilines is 1. The van der Waals surface area contributed by atoms with Gasteiger partial charge in [0.2, 0.25) is 10.0 Å². The van der Waals surface area contributed by atoms with Gasteiger partial charge in [-0.15, -0.1) is 0 Å². The summed E-state index contributed by atoms with van der Waals surface area (Å²) < 4.78 is 37.5. The maximum absolute atomic E-state index is 12.7. The van der Waals surface area contributed by atoms with E-state index in [-0.39, 0.29) is 10.4 Å². The second kappa shape index (κ2) is 9.67. The van der Waals surface area contributed by atoms with E-state index < -0.39 is 10.0 Å². The molecule has 2 heterocycles. The minimum atomic E-state index is -3.49. The van der Waals surface area contributed by atoms with Crippen LogP contribution in [-0.4, -0.2) is 87.4 Å². The zero-order valence-corrected chi connectivity index (χ0v) is 18.7. The lowest BCUT2D eigenvalue weighted by Gasteiger charge is -2.41. The number of morpholine rings is 2. The molecule has 0 saturated carbocycles. The van der Waals surface area contributed by atoms with Gasteiger partial charge in [-0.25, -0.2) is 8.42 Å². The van der Waals surface area contributed by atoms with Crippen molar-refractivity contribution in [2.24, 2.45) is 0 Å². The zero-order valence-electron chi connectivity index (χ0n) is 17.0. The highest BCUT2D eigenvalue weighted by Crippen LogP contribution is 2.20. The van der Waals surface area contributed by atoms with Crippen LogP contribution >= 0.6 is 12.2 Å². The molecule has 0 spiro atoms. The summed E-state index contributed by atoms with van der Waals surface area (Å²) in [6.45, 7) is 10.0. The summed E-state index contributed by atoms with van der Waals surface area (Å²) in [7, 11) is -3.49. The molecule has 0 unspecified atom stereocenters. The topological polar surface area (TPSA) is 83.1 Å². The van der Waals surface area contributed by atoms with E-state index in [1.54, 1.807) is 24.3 Å². The summed E-state index contributed by atoms with van der Waals surface area (Å²) in [6, 6.07) is 6.67. The van der Waals surface area contributed by atoms with Crippen molar-refractivity contribution in [3.63, 3.8) is 0 Å². The Balaban J connectivity index is 1.53. The Kier molecular flexibility index (Phi) is 7.47. The van der Waals surface area contributed by atoms with E-state index >= 15 is 0 Å². The average Bonchev–Trinajstić information content (AvgIpc) is 2.74. The van der Waals surface area contributed by atoms with Gasteiger partial charge in [0.25, 0.3) is 0 Å². The standard InChI is InChI=1S/C19H30N4O4S2/c1-19(2,22-7-11-26-12-8-22)15-20-18(28)21-16-3-5-17(6-4-16)29(24,25)23-9-13-27-14-10-23/h3-6H,7-15H2,1-2H3,(H2,20,21,28). The number of hydrogen-bond donors (Lipinski definition) is 2. The van der Waals surface area contributed by atoms with E-state index in [1.807, 2.05) is 0 Å². The zero-order chi connectivity index (χ0) is 20.9. The Morgan fingerprint density at radius 1 is 1.03 bits per heavy atom. The number of sulfonamides is 1. The van der Waals surface area contributed by atoms with Crippen molar-refractivity contribution in [2.45, 2.75) is 24.3 Å². The van der Waals surface area contributed by atoms with Gasteiger partial charge in [0.1, 0.15) is 0 Å². The number of rotatable bonds is 6. The number of thiocarbonyl (C=S) groups is 1. The number of benzene rings is 1. The summed E-state index contributed by atoms with van der Waals surface area (Å²) in [4.78, 5) is 2.66. The first-order valence-corrected chi connectivity index (χ1v) is 11.7. The van der Waals surface area contributed by atoms with Crippen LogP contribution in [0.1, 0.15) is 13.8 Å². The maximum atomic E-state index is 12.7. The average molecular weight is 443 g/mol. The molecule has 8 nitrogen and oxygen atoms in total. The van der Waals surface area contributed by atoms with Crippen LogP contribution in [0, 0.1) is 0 Å². The lowest BCUT2D eigenvalue weighted by atomic mass is 10.0. The maximum Gasteiger partial charge on any atom is 0.243 e. The van der Waals surface area contributed by atoms with Gasteiger partial charge < -0.3 is 20.1 Å². The summed E-state index contributed by atoms with van der Waals surface area (Å²) in [5.41, 5.74) is 0.693. The molecule has 0 bridgehead atoms. The molecule has 0 radical (unpaired) electrons. The second-order valence-electron chi connectivity index (χ2n) is 7.76. The number of hydrogen-bond acceptors (Lipinski definition) is 6.